The van der Waals surface area contributed by atoms with E-state index in [1.54, 1.807) is 0 Å². The Hall–Kier alpha value is 0.780. The lowest BCUT2D eigenvalue weighted by Crippen LogP contribution is -2.49. The van der Waals surface area contributed by atoms with Gasteiger partial charge in [0.05, 0.1) is 0 Å². The van der Waals surface area contributed by atoms with Crippen LogP contribution in [0.4, 0.5) is 0 Å². The molecule has 1 heterocycles. The summed E-state index contributed by atoms with van der Waals surface area (Å²) in [6.07, 6.45) is 0. The number of rotatable bonds is 1. The third-order valence-corrected chi connectivity index (χ3v) is 5.60. The Kier molecular flexibility index (Phi) is 5.43. The molecule has 0 aromatic carbocycles. The van der Waals surface area contributed by atoms with Crippen LogP contribution in [0.2, 0.25) is 0 Å². The number of hydrogen-bond acceptors (Lipinski definition) is 2. The molecule has 1 fully saturated rings. The summed E-state index contributed by atoms with van der Waals surface area (Å²) in [6.45, 7) is 17.8. The van der Waals surface area contributed by atoms with E-state index in [1.807, 2.05) is 0 Å². The van der Waals surface area contributed by atoms with E-state index < -0.39 is 0 Å². The molecule has 4 atom stereocenters. The van der Waals surface area contributed by atoms with Crippen molar-refractivity contribution in [3.63, 3.8) is 0 Å². The molecular weight excluding hydrogens is 246 g/mol. The lowest BCUT2D eigenvalue weighted by atomic mass is 9.68. The van der Waals surface area contributed by atoms with Gasteiger partial charge in [0.25, 0.3) is 0 Å². The van der Waals surface area contributed by atoms with E-state index in [9.17, 15) is 0 Å². The summed E-state index contributed by atoms with van der Waals surface area (Å²) in [7, 11) is 3.77. The maximum Gasteiger partial charge on any atom is 0.0229 e. The first-order chi connectivity index (χ1) is 7.68. The highest BCUT2D eigenvalue weighted by molar-refractivity contribution is 8.01. The van der Waals surface area contributed by atoms with E-state index in [1.165, 1.54) is 6.54 Å². The standard InChI is InChI=1S/C13H30N2P2/c1-12(2,3)10-9-14-7-8-15(17-16)11(10)13(4,5)6/h10-11,14,17H,7-9,16H2,1-6H3. The van der Waals surface area contributed by atoms with Gasteiger partial charge < -0.3 is 5.32 Å². The van der Waals surface area contributed by atoms with Gasteiger partial charge in [-0.2, -0.15) is 0 Å². The predicted molar refractivity (Wildman–Crippen MR) is 83.8 cm³/mol. The van der Waals surface area contributed by atoms with Crippen molar-refractivity contribution < 1.29 is 0 Å². The summed E-state index contributed by atoms with van der Waals surface area (Å²) in [5, 5.41) is 3.62. The van der Waals surface area contributed by atoms with Gasteiger partial charge in [-0.25, -0.2) is 0 Å². The normalized spacial score (nSPS) is 29.8. The second-order valence-electron chi connectivity index (χ2n) is 7.31. The third-order valence-electron chi connectivity index (χ3n) is 3.78. The molecule has 0 amide bonds. The first-order valence-corrected chi connectivity index (χ1v) is 9.37. The summed E-state index contributed by atoms with van der Waals surface area (Å²) in [4.78, 5) is 0. The Bertz CT molecular complexity index is 243. The molecule has 17 heavy (non-hydrogen) atoms. The minimum atomic E-state index is 0.341. The van der Waals surface area contributed by atoms with Crippen molar-refractivity contribution in [3.05, 3.63) is 0 Å². The highest BCUT2D eigenvalue weighted by atomic mass is 32.0. The Morgan fingerprint density at radius 2 is 1.71 bits per heavy atom. The second kappa shape index (κ2) is 5.83. The van der Waals surface area contributed by atoms with E-state index >= 15 is 0 Å². The first kappa shape index (κ1) is 15.8. The average Bonchev–Trinajstić information content (AvgIpc) is 2.36. The van der Waals surface area contributed by atoms with Gasteiger partial charge in [0, 0.05) is 25.7 Å². The molecule has 0 aromatic rings. The number of nitrogens with zero attached hydrogens (tertiary/aromatic N) is 1. The van der Waals surface area contributed by atoms with E-state index in [2.05, 4.69) is 60.5 Å². The van der Waals surface area contributed by atoms with Gasteiger partial charge in [0.15, 0.2) is 0 Å². The fourth-order valence-electron chi connectivity index (χ4n) is 2.92. The quantitative estimate of drug-likeness (QED) is 0.739. The number of nitrogens with one attached hydrogen (secondary N) is 1. The molecule has 0 aliphatic carbocycles. The van der Waals surface area contributed by atoms with Crippen LogP contribution in [-0.4, -0.2) is 30.3 Å². The average molecular weight is 276 g/mol. The molecule has 1 aliphatic heterocycles. The van der Waals surface area contributed by atoms with Gasteiger partial charge in [-0.15, -0.1) is 0 Å². The fourth-order valence-corrected chi connectivity index (χ4v) is 4.76. The summed E-state index contributed by atoms with van der Waals surface area (Å²) >= 11 is 0. The van der Waals surface area contributed by atoms with Gasteiger partial charge >= 0.3 is 0 Å². The van der Waals surface area contributed by atoms with Gasteiger partial charge in [0.1, 0.15) is 0 Å². The molecule has 2 nitrogen and oxygen atoms in total. The summed E-state index contributed by atoms with van der Waals surface area (Å²) < 4.78 is 2.67. The van der Waals surface area contributed by atoms with Crippen LogP contribution in [0.5, 0.6) is 0 Å². The van der Waals surface area contributed by atoms with Crippen molar-refractivity contribution in [1.82, 2.24) is 9.99 Å². The molecule has 1 saturated heterocycles. The zero-order chi connectivity index (χ0) is 13.3. The Morgan fingerprint density at radius 1 is 1.12 bits per heavy atom. The molecular formula is C13H30N2P2. The zero-order valence-corrected chi connectivity index (χ0v) is 14.5. The van der Waals surface area contributed by atoms with E-state index in [4.69, 9.17) is 0 Å². The van der Waals surface area contributed by atoms with Crippen LogP contribution in [0.15, 0.2) is 0 Å². The van der Waals surface area contributed by atoms with Crippen LogP contribution in [0.1, 0.15) is 41.5 Å². The number of hydrogen-bond donors (Lipinski definition) is 1. The van der Waals surface area contributed by atoms with Gasteiger partial charge in [-0.05, 0) is 25.2 Å². The van der Waals surface area contributed by atoms with Crippen LogP contribution in [0.25, 0.3) is 0 Å². The van der Waals surface area contributed by atoms with Crippen LogP contribution < -0.4 is 5.32 Å². The van der Waals surface area contributed by atoms with Crippen molar-refractivity contribution in [3.8, 4) is 0 Å². The van der Waals surface area contributed by atoms with Gasteiger partial charge in [0.2, 0.25) is 0 Å². The first-order valence-electron chi connectivity index (χ1n) is 6.61. The molecule has 102 valence electrons. The predicted octanol–water partition coefficient (Wildman–Crippen LogP) is 3.35. The van der Waals surface area contributed by atoms with Crippen molar-refractivity contribution in [2.45, 2.75) is 47.6 Å². The van der Waals surface area contributed by atoms with Gasteiger partial charge in [-0.1, -0.05) is 50.5 Å². The molecule has 0 saturated carbocycles. The molecule has 0 radical (unpaired) electrons. The highest BCUT2D eigenvalue weighted by Crippen LogP contribution is 2.45. The van der Waals surface area contributed by atoms with Crippen molar-refractivity contribution in [2.24, 2.45) is 16.7 Å². The van der Waals surface area contributed by atoms with Crippen LogP contribution >= 0.6 is 17.3 Å². The van der Waals surface area contributed by atoms with E-state index in [0.717, 1.165) is 21.5 Å². The van der Waals surface area contributed by atoms with Crippen molar-refractivity contribution in [2.75, 3.05) is 19.6 Å². The molecule has 0 aromatic heterocycles. The van der Waals surface area contributed by atoms with Crippen molar-refractivity contribution in [1.29, 1.82) is 0 Å². The largest absolute Gasteiger partial charge is 0.315 e. The lowest BCUT2D eigenvalue weighted by Gasteiger charge is -2.47. The third kappa shape index (κ3) is 4.13. The molecule has 0 bridgehead atoms. The lowest BCUT2D eigenvalue weighted by molar-refractivity contribution is 0.0702. The van der Waals surface area contributed by atoms with Crippen LogP contribution in [0.3, 0.4) is 0 Å². The van der Waals surface area contributed by atoms with Crippen molar-refractivity contribution >= 4 is 17.3 Å². The molecule has 4 unspecified atom stereocenters. The molecule has 1 rings (SSSR count). The van der Waals surface area contributed by atoms with E-state index in [-0.39, 0.29) is 0 Å². The Balaban J connectivity index is 3.05. The summed E-state index contributed by atoms with van der Waals surface area (Å²) in [5.74, 6) is 0.707. The van der Waals surface area contributed by atoms with Crippen LogP contribution in [-0.2, 0) is 0 Å². The van der Waals surface area contributed by atoms with Crippen LogP contribution in [0, 0.1) is 16.7 Å². The van der Waals surface area contributed by atoms with Gasteiger partial charge in [-0.3, -0.25) is 4.67 Å². The second-order valence-corrected chi connectivity index (χ2v) is 8.92. The fraction of sp³-hybridized carbons (Fsp3) is 1.00. The molecule has 0 spiro atoms. The summed E-state index contributed by atoms with van der Waals surface area (Å²) in [6, 6.07) is 0.660. The minimum absolute atomic E-state index is 0.341. The highest BCUT2D eigenvalue weighted by Gasteiger charge is 2.42. The Morgan fingerprint density at radius 3 is 2.12 bits per heavy atom. The zero-order valence-electron chi connectivity index (χ0n) is 12.3. The maximum atomic E-state index is 3.62. The topological polar surface area (TPSA) is 15.3 Å². The van der Waals surface area contributed by atoms with E-state index in [0.29, 0.717) is 22.8 Å². The smallest absolute Gasteiger partial charge is 0.0229 e. The molecule has 1 aliphatic rings. The maximum absolute atomic E-state index is 3.62. The Labute approximate surface area is 112 Å². The monoisotopic (exact) mass is 276 g/mol. The minimum Gasteiger partial charge on any atom is -0.315 e. The SMILES string of the molecule is CC(C)(C)C1CNCCN(PP)C1C(C)(C)C. The summed E-state index contributed by atoms with van der Waals surface area (Å²) in [5.41, 5.74) is 0.700. The molecule has 4 heteroatoms. The molecule has 1 N–H and O–H groups in total.